The fraction of sp³-hybridized carbons (Fsp3) is 0.500. The van der Waals surface area contributed by atoms with Crippen molar-refractivity contribution in [3.63, 3.8) is 0 Å². The summed E-state index contributed by atoms with van der Waals surface area (Å²) in [5.41, 5.74) is 6.44. The molecule has 0 aliphatic heterocycles. The van der Waals surface area contributed by atoms with Gasteiger partial charge in [-0.2, -0.15) is 0 Å². The first-order valence-corrected chi connectivity index (χ1v) is 6.34. The zero-order valence-electron chi connectivity index (χ0n) is 11.5. The molecule has 0 saturated carbocycles. The van der Waals surface area contributed by atoms with Gasteiger partial charge in [-0.3, -0.25) is 4.79 Å². The van der Waals surface area contributed by atoms with Crippen LogP contribution in [0.25, 0.3) is 0 Å². The van der Waals surface area contributed by atoms with Gasteiger partial charge in [-0.25, -0.2) is 4.39 Å². The highest BCUT2D eigenvalue weighted by Gasteiger charge is 2.18. The second kappa shape index (κ2) is 6.52. The Morgan fingerprint density at radius 3 is 2.58 bits per heavy atom. The van der Waals surface area contributed by atoms with Crippen LogP contribution in [0.5, 0.6) is 0 Å². The van der Waals surface area contributed by atoms with Gasteiger partial charge in [0.2, 0.25) is 0 Å². The number of halogens is 1. The third-order valence-corrected chi connectivity index (χ3v) is 3.21. The summed E-state index contributed by atoms with van der Waals surface area (Å²) >= 11 is 0. The number of anilines is 1. The second-order valence-corrected chi connectivity index (χ2v) is 5.01. The van der Waals surface area contributed by atoms with Crippen molar-refractivity contribution in [3.05, 3.63) is 29.1 Å². The number of rotatable bonds is 5. The van der Waals surface area contributed by atoms with E-state index < -0.39 is 5.82 Å². The van der Waals surface area contributed by atoms with Gasteiger partial charge in [0.15, 0.2) is 0 Å². The molecule has 0 saturated heterocycles. The van der Waals surface area contributed by atoms with Crippen LogP contribution in [0.2, 0.25) is 0 Å². The number of nitrogens with one attached hydrogen (secondary N) is 1. The Morgan fingerprint density at radius 2 is 2.11 bits per heavy atom. The highest BCUT2D eigenvalue weighted by Crippen LogP contribution is 2.18. The number of amides is 1. The molecule has 1 aromatic carbocycles. The van der Waals surface area contributed by atoms with Gasteiger partial charge in [-0.1, -0.05) is 13.8 Å². The third kappa shape index (κ3) is 3.92. The van der Waals surface area contributed by atoms with E-state index in [0.29, 0.717) is 12.0 Å². The zero-order valence-corrected chi connectivity index (χ0v) is 11.5. The van der Waals surface area contributed by atoms with E-state index in [1.54, 1.807) is 6.92 Å². The lowest BCUT2D eigenvalue weighted by Crippen LogP contribution is -2.39. The number of benzene rings is 1. The number of aliphatic hydroxyl groups excluding tert-OH is 1. The molecule has 0 spiro atoms. The number of hydrogen-bond acceptors (Lipinski definition) is 3. The van der Waals surface area contributed by atoms with E-state index in [0.717, 1.165) is 0 Å². The molecule has 0 aliphatic rings. The zero-order chi connectivity index (χ0) is 14.6. The Kier molecular flexibility index (Phi) is 5.30. The summed E-state index contributed by atoms with van der Waals surface area (Å²) in [5.74, 6) is -0.685. The molecule has 1 amide bonds. The summed E-state index contributed by atoms with van der Waals surface area (Å²) in [4.78, 5) is 12.0. The predicted molar refractivity (Wildman–Crippen MR) is 73.3 cm³/mol. The van der Waals surface area contributed by atoms with Crippen LogP contribution in [0.1, 0.15) is 36.2 Å². The van der Waals surface area contributed by atoms with Gasteiger partial charge in [0, 0.05) is 29.5 Å². The van der Waals surface area contributed by atoms with E-state index in [2.05, 4.69) is 5.32 Å². The lowest BCUT2D eigenvalue weighted by molar-refractivity contribution is 0.0916. The molecular weight excluding hydrogens is 247 g/mol. The van der Waals surface area contributed by atoms with Crippen molar-refractivity contribution in [1.82, 2.24) is 5.32 Å². The number of hydrogen-bond donors (Lipinski definition) is 3. The molecule has 1 aromatic rings. The molecule has 0 bridgehead atoms. The molecule has 106 valence electrons. The molecule has 0 aromatic heterocycles. The van der Waals surface area contributed by atoms with Gasteiger partial charge in [-0.05, 0) is 31.4 Å². The molecule has 0 radical (unpaired) electrons. The minimum atomic E-state index is -0.492. The van der Waals surface area contributed by atoms with Gasteiger partial charge in [0.1, 0.15) is 5.82 Å². The number of carbonyl (C=O) groups excluding carboxylic acids is 1. The van der Waals surface area contributed by atoms with Crippen molar-refractivity contribution in [2.24, 2.45) is 5.92 Å². The highest BCUT2D eigenvalue weighted by molar-refractivity contribution is 5.95. The minimum absolute atomic E-state index is 0.00642. The summed E-state index contributed by atoms with van der Waals surface area (Å²) in [7, 11) is 0. The smallest absolute Gasteiger partial charge is 0.251 e. The van der Waals surface area contributed by atoms with E-state index in [1.807, 2.05) is 13.8 Å². The Balaban J connectivity index is 2.88. The van der Waals surface area contributed by atoms with Crippen molar-refractivity contribution < 1.29 is 14.3 Å². The Labute approximate surface area is 112 Å². The quantitative estimate of drug-likeness (QED) is 0.713. The van der Waals surface area contributed by atoms with Crippen LogP contribution < -0.4 is 11.1 Å². The van der Waals surface area contributed by atoms with Crippen LogP contribution in [0.4, 0.5) is 10.1 Å². The number of carbonyl (C=O) groups is 1. The topological polar surface area (TPSA) is 75.4 Å². The fourth-order valence-electron chi connectivity index (χ4n) is 1.79. The number of nitrogen functional groups attached to an aromatic ring is 1. The molecule has 0 fully saturated rings. The standard InChI is InChI=1S/C14H21FN2O2/c1-8(2)13(4-5-18)17-14(19)10-6-11(15)9(3)12(16)7-10/h6-8,13,18H,4-5,16H2,1-3H3,(H,17,19). The van der Waals surface area contributed by atoms with Crippen molar-refractivity contribution >= 4 is 11.6 Å². The van der Waals surface area contributed by atoms with Gasteiger partial charge in [0.05, 0.1) is 0 Å². The summed E-state index contributed by atoms with van der Waals surface area (Å²) in [6, 6.07) is 2.49. The molecule has 4 N–H and O–H groups in total. The van der Waals surface area contributed by atoms with E-state index in [-0.39, 0.29) is 35.7 Å². The predicted octanol–water partition coefficient (Wildman–Crippen LogP) is 1.85. The van der Waals surface area contributed by atoms with E-state index >= 15 is 0 Å². The Morgan fingerprint density at radius 1 is 1.47 bits per heavy atom. The first kappa shape index (κ1) is 15.4. The monoisotopic (exact) mass is 268 g/mol. The van der Waals surface area contributed by atoms with Crippen LogP contribution >= 0.6 is 0 Å². The lowest BCUT2D eigenvalue weighted by Gasteiger charge is -2.21. The van der Waals surface area contributed by atoms with Crippen LogP contribution in [0.15, 0.2) is 12.1 Å². The van der Waals surface area contributed by atoms with E-state index in [9.17, 15) is 9.18 Å². The normalized spacial score (nSPS) is 12.5. The summed E-state index contributed by atoms with van der Waals surface area (Å²) in [5, 5.41) is 11.7. The minimum Gasteiger partial charge on any atom is -0.398 e. The molecule has 1 atom stereocenters. The first-order chi connectivity index (χ1) is 8.86. The van der Waals surface area contributed by atoms with Crippen LogP contribution in [-0.2, 0) is 0 Å². The highest BCUT2D eigenvalue weighted by atomic mass is 19.1. The van der Waals surface area contributed by atoms with Crippen LogP contribution in [-0.4, -0.2) is 23.7 Å². The third-order valence-electron chi connectivity index (χ3n) is 3.21. The molecule has 1 rings (SSSR count). The molecule has 0 heterocycles. The molecule has 19 heavy (non-hydrogen) atoms. The maximum Gasteiger partial charge on any atom is 0.251 e. The number of aliphatic hydroxyl groups is 1. The van der Waals surface area contributed by atoms with Crippen molar-refractivity contribution in [2.75, 3.05) is 12.3 Å². The number of nitrogens with two attached hydrogens (primary N) is 1. The summed E-state index contributed by atoms with van der Waals surface area (Å²) in [6.07, 6.45) is 0.466. The molecule has 4 nitrogen and oxygen atoms in total. The SMILES string of the molecule is Cc1c(N)cc(C(=O)NC(CCO)C(C)C)cc1F. The average Bonchev–Trinajstić information content (AvgIpc) is 2.34. The Bertz CT molecular complexity index is 438. The molecule has 1 unspecified atom stereocenters. The van der Waals surface area contributed by atoms with Gasteiger partial charge in [-0.15, -0.1) is 0 Å². The molecule has 5 heteroatoms. The van der Waals surface area contributed by atoms with E-state index in [1.165, 1.54) is 12.1 Å². The molecule has 0 aliphatic carbocycles. The van der Waals surface area contributed by atoms with Crippen molar-refractivity contribution in [1.29, 1.82) is 0 Å². The fourth-order valence-corrected chi connectivity index (χ4v) is 1.79. The summed E-state index contributed by atoms with van der Waals surface area (Å²) in [6.45, 7) is 5.46. The van der Waals surface area contributed by atoms with Gasteiger partial charge >= 0.3 is 0 Å². The lowest BCUT2D eigenvalue weighted by atomic mass is 10.0. The maximum absolute atomic E-state index is 13.5. The van der Waals surface area contributed by atoms with Crippen molar-refractivity contribution in [2.45, 2.75) is 33.2 Å². The van der Waals surface area contributed by atoms with E-state index in [4.69, 9.17) is 10.8 Å². The first-order valence-electron chi connectivity index (χ1n) is 6.34. The summed E-state index contributed by atoms with van der Waals surface area (Å²) < 4.78 is 13.5. The average molecular weight is 268 g/mol. The van der Waals surface area contributed by atoms with Gasteiger partial charge < -0.3 is 16.2 Å². The largest absolute Gasteiger partial charge is 0.398 e. The maximum atomic E-state index is 13.5. The Hall–Kier alpha value is -1.62. The van der Waals surface area contributed by atoms with Crippen LogP contribution in [0, 0.1) is 18.7 Å². The van der Waals surface area contributed by atoms with Crippen LogP contribution in [0.3, 0.4) is 0 Å². The van der Waals surface area contributed by atoms with Gasteiger partial charge in [0.25, 0.3) is 5.91 Å². The van der Waals surface area contributed by atoms with Crippen molar-refractivity contribution in [3.8, 4) is 0 Å². The molecular formula is C14H21FN2O2. The second-order valence-electron chi connectivity index (χ2n) is 5.01.